The number of nitrogens with zero attached hydrogens (tertiary/aromatic N) is 1. The van der Waals surface area contributed by atoms with Crippen molar-refractivity contribution in [2.24, 2.45) is 11.3 Å². The summed E-state index contributed by atoms with van der Waals surface area (Å²) in [5.74, 6) is 1.88. The van der Waals surface area contributed by atoms with E-state index in [1.807, 2.05) is 36.4 Å². The summed E-state index contributed by atoms with van der Waals surface area (Å²) in [5.41, 5.74) is 2.67. The summed E-state index contributed by atoms with van der Waals surface area (Å²) in [7, 11) is 1.61. The maximum absolute atomic E-state index is 12.9. The molecule has 4 aliphatic heterocycles. The number of halogens is 1. The molecule has 6 rings (SSSR count). The average molecular weight is 471 g/mol. The van der Waals surface area contributed by atoms with Crippen molar-refractivity contribution >= 4 is 17.7 Å². The van der Waals surface area contributed by atoms with Gasteiger partial charge in [-0.15, -0.1) is 0 Å². The van der Waals surface area contributed by atoms with Crippen LogP contribution in [0.3, 0.4) is 0 Å². The topological polar surface area (TPSA) is 60.0 Å². The van der Waals surface area contributed by atoms with Crippen LogP contribution in [0.25, 0.3) is 11.1 Å². The maximum Gasteiger partial charge on any atom is 0.407 e. The van der Waals surface area contributed by atoms with Gasteiger partial charge >= 0.3 is 6.09 Å². The smallest absolute Gasteiger partial charge is 0.407 e. The molecule has 0 spiro atoms. The van der Waals surface area contributed by atoms with Crippen LogP contribution in [0, 0.1) is 11.3 Å². The lowest BCUT2D eigenvalue weighted by Gasteiger charge is -2.44. The Kier molecular flexibility index (Phi) is 5.91. The molecule has 3 fully saturated rings. The van der Waals surface area contributed by atoms with Gasteiger partial charge in [0.05, 0.1) is 24.8 Å². The SMILES string of the molecule is COc1cc(-c2ccc3c(c2)OCC(C)(C)C3NC(=O)O[C@@H]2CN3CCC2CC3)ccc1Cl. The van der Waals surface area contributed by atoms with Crippen LogP contribution in [0.2, 0.25) is 5.02 Å². The summed E-state index contributed by atoms with van der Waals surface area (Å²) in [6.45, 7) is 7.79. The first-order valence-corrected chi connectivity index (χ1v) is 12.0. The number of alkyl carbamates (subject to hydrolysis) is 1. The second-order valence-corrected chi connectivity index (χ2v) is 10.4. The largest absolute Gasteiger partial charge is 0.495 e. The standard InChI is InChI=1S/C26H31ClN2O4/c1-26(2)15-32-21-12-17(18-5-7-20(27)22(13-18)31-3)4-6-19(21)24(26)28-25(30)33-23-14-29-10-8-16(23)9-11-29/h4-7,12-13,16,23-24H,8-11,14-15H2,1-3H3,(H,28,30)/t23-,24?/m1/s1. The number of fused-ring (bicyclic) bond motifs is 4. The lowest BCUT2D eigenvalue weighted by molar-refractivity contribution is -0.0361. The van der Waals surface area contributed by atoms with Crippen LogP contribution in [0.15, 0.2) is 36.4 Å². The molecule has 0 radical (unpaired) electrons. The minimum atomic E-state index is -0.341. The monoisotopic (exact) mass is 470 g/mol. The number of benzene rings is 2. The van der Waals surface area contributed by atoms with E-state index in [1.165, 1.54) is 0 Å². The molecule has 0 saturated carbocycles. The second kappa shape index (κ2) is 8.73. The van der Waals surface area contributed by atoms with Crippen molar-refractivity contribution in [3.05, 3.63) is 47.0 Å². The third-order valence-electron chi connectivity index (χ3n) is 7.31. The van der Waals surface area contributed by atoms with Crippen LogP contribution in [-0.4, -0.2) is 50.4 Å². The molecule has 0 aromatic heterocycles. The fourth-order valence-electron chi connectivity index (χ4n) is 5.29. The molecule has 2 aromatic rings. The quantitative estimate of drug-likeness (QED) is 0.657. The van der Waals surface area contributed by atoms with Crippen LogP contribution in [0.1, 0.15) is 38.3 Å². The summed E-state index contributed by atoms with van der Waals surface area (Å²) < 4.78 is 17.4. The van der Waals surface area contributed by atoms with Gasteiger partial charge in [0.2, 0.25) is 0 Å². The number of carbonyl (C=O) groups is 1. The number of piperidine rings is 3. The Labute approximate surface area is 200 Å². The van der Waals surface area contributed by atoms with E-state index in [2.05, 4.69) is 24.1 Å². The van der Waals surface area contributed by atoms with Gasteiger partial charge in [-0.3, -0.25) is 4.90 Å². The molecule has 0 aliphatic carbocycles. The molecular weight excluding hydrogens is 440 g/mol. The zero-order chi connectivity index (χ0) is 23.2. The highest BCUT2D eigenvalue weighted by molar-refractivity contribution is 6.32. The van der Waals surface area contributed by atoms with E-state index >= 15 is 0 Å². The number of carbonyl (C=O) groups excluding carboxylic acids is 1. The first-order valence-electron chi connectivity index (χ1n) is 11.6. The molecule has 1 unspecified atom stereocenters. The number of nitrogens with one attached hydrogen (secondary N) is 1. The van der Waals surface area contributed by atoms with E-state index in [1.54, 1.807) is 7.11 Å². The van der Waals surface area contributed by atoms with E-state index in [0.717, 1.165) is 54.9 Å². The van der Waals surface area contributed by atoms with E-state index in [4.69, 9.17) is 25.8 Å². The van der Waals surface area contributed by atoms with Crippen molar-refractivity contribution in [2.45, 2.75) is 38.8 Å². The number of rotatable bonds is 4. The third-order valence-corrected chi connectivity index (χ3v) is 7.62. The van der Waals surface area contributed by atoms with Gasteiger partial charge in [-0.25, -0.2) is 4.79 Å². The van der Waals surface area contributed by atoms with Crippen molar-refractivity contribution in [1.82, 2.24) is 10.2 Å². The summed E-state index contributed by atoms with van der Waals surface area (Å²) in [5, 5.41) is 3.73. The molecule has 3 saturated heterocycles. The molecule has 2 bridgehead atoms. The van der Waals surface area contributed by atoms with E-state index < -0.39 is 0 Å². The highest BCUT2D eigenvalue weighted by atomic mass is 35.5. The molecular formula is C26H31ClN2O4. The Morgan fingerprint density at radius 3 is 2.58 bits per heavy atom. The van der Waals surface area contributed by atoms with E-state index in [0.29, 0.717) is 23.3 Å². The van der Waals surface area contributed by atoms with Gasteiger partial charge < -0.3 is 19.5 Å². The van der Waals surface area contributed by atoms with Crippen molar-refractivity contribution in [3.8, 4) is 22.6 Å². The minimum absolute atomic E-state index is 0.0165. The van der Waals surface area contributed by atoms with Gasteiger partial charge in [-0.05, 0) is 61.2 Å². The highest BCUT2D eigenvalue weighted by Crippen LogP contribution is 2.44. The first-order chi connectivity index (χ1) is 15.8. The molecule has 2 aromatic carbocycles. The fourth-order valence-corrected chi connectivity index (χ4v) is 5.49. The zero-order valence-corrected chi connectivity index (χ0v) is 20.2. The Morgan fingerprint density at radius 1 is 1.15 bits per heavy atom. The van der Waals surface area contributed by atoms with Crippen LogP contribution in [0.4, 0.5) is 4.79 Å². The van der Waals surface area contributed by atoms with Crippen LogP contribution in [0.5, 0.6) is 11.5 Å². The Balaban J connectivity index is 1.36. The predicted octanol–water partition coefficient (Wildman–Crippen LogP) is 5.30. The maximum atomic E-state index is 12.9. The molecule has 7 heteroatoms. The first kappa shape index (κ1) is 22.4. The Morgan fingerprint density at radius 2 is 1.88 bits per heavy atom. The van der Waals surface area contributed by atoms with Crippen LogP contribution in [-0.2, 0) is 4.74 Å². The Hall–Kier alpha value is -2.44. The molecule has 2 atom stereocenters. The summed E-state index contributed by atoms with van der Waals surface area (Å²) in [6.07, 6.45) is 1.87. The summed E-state index contributed by atoms with van der Waals surface area (Å²) in [4.78, 5) is 15.3. The lowest BCUT2D eigenvalue weighted by Crippen LogP contribution is -2.53. The molecule has 1 N–H and O–H groups in total. The van der Waals surface area contributed by atoms with Gasteiger partial charge in [-0.1, -0.05) is 43.6 Å². The Bertz CT molecular complexity index is 1050. The van der Waals surface area contributed by atoms with E-state index in [-0.39, 0.29) is 23.7 Å². The second-order valence-electron chi connectivity index (χ2n) is 10.0. The molecule has 1 amide bonds. The van der Waals surface area contributed by atoms with Crippen molar-refractivity contribution in [2.75, 3.05) is 33.4 Å². The predicted molar refractivity (Wildman–Crippen MR) is 128 cm³/mol. The van der Waals surface area contributed by atoms with Gasteiger partial charge in [0.25, 0.3) is 0 Å². The fraction of sp³-hybridized carbons (Fsp3) is 0.500. The molecule has 6 nitrogen and oxygen atoms in total. The molecule has 4 aliphatic rings. The van der Waals surface area contributed by atoms with E-state index in [9.17, 15) is 4.79 Å². The third kappa shape index (κ3) is 4.38. The van der Waals surface area contributed by atoms with Gasteiger partial charge in [0.1, 0.15) is 17.6 Å². The summed E-state index contributed by atoms with van der Waals surface area (Å²) in [6, 6.07) is 11.6. The summed E-state index contributed by atoms with van der Waals surface area (Å²) >= 11 is 6.18. The van der Waals surface area contributed by atoms with Gasteiger partial charge in [0, 0.05) is 17.5 Å². The van der Waals surface area contributed by atoms with Crippen molar-refractivity contribution in [1.29, 1.82) is 0 Å². The zero-order valence-electron chi connectivity index (χ0n) is 19.4. The number of methoxy groups -OCH3 is 1. The van der Waals surface area contributed by atoms with Crippen LogP contribution < -0.4 is 14.8 Å². The molecule has 4 heterocycles. The van der Waals surface area contributed by atoms with Gasteiger partial charge in [-0.2, -0.15) is 0 Å². The number of hydrogen-bond donors (Lipinski definition) is 1. The molecule has 33 heavy (non-hydrogen) atoms. The highest BCUT2D eigenvalue weighted by Gasteiger charge is 2.41. The average Bonchev–Trinajstić information content (AvgIpc) is 2.82. The molecule has 176 valence electrons. The van der Waals surface area contributed by atoms with Crippen molar-refractivity contribution in [3.63, 3.8) is 0 Å². The number of ether oxygens (including phenoxy) is 3. The minimum Gasteiger partial charge on any atom is -0.495 e. The van der Waals surface area contributed by atoms with Gasteiger partial charge in [0.15, 0.2) is 0 Å². The van der Waals surface area contributed by atoms with Crippen molar-refractivity contribution < 1.29 is 19.0 Å². The number of hydrogen-bond acceptors (Lipinski definition) is 5. The number of amides is 1. The normalized spacial score (nSPS) is 27.3. The lowest BCUT2D eigenvalue weighted by atomic mass is 9.78. The van der Waals surface area contributed by atoms with Crippen LogP contribution >= 0.6 is 11.6 Å².